The van der Waals surface area contributed by atoms with Crippen LogP contribution < -0.4 is 10.1 Å². The molecular formula is C13H22N2O3S. The van der Waals surface area contributed by atoms with Crippen LogP contribution in [0.15, 0.2) is 24.3 Å². The number of rotatable bonds is 7. The van der Waals surface area contributed by atoms with Crippen LogP contribution in [0.1, 0.15) is 12.5 Å². The molecule has 1 atom stereocenters. The molecule has 1 aromatic carbocycles. The van der Waals surface area contributed by atoms with Gasteiger partial charge in [0.25, 0.3) is 0 Å². The van der Waals surface area contributed by atoms with E-state index in [4.69, 9.17) is 4.74 Å². The average molecular weight is 286 g/mol. The van der Waals surface area contributed by atoms with Crippen LogP contribution in [0.3, 0.4) is 0 Å². The highest BCUT2D eigenvalue weighted by Crippen LogP contribution is 2.16. The summed E-state index contributed by atoms with van der Waals surface area (Å²) in [6.45, 7) is 2.48. The molecule has 1 unspecified atom stereocenters. The molecule has 0 fully saturated rings. The molecule has 108 valence electrons. The Morgan fingerprint density at radius 2 is 2.11 bits per heavy atom. The lowest BCUT2D eigenvalue weighted by Gasteiger charge is -2.22. The number of hydrogen-bond donors (Lipinski definition) is 1. The summed E-state index contributed by atoms with van der Waals surface area (Å²) in [7, 11) is 1.65. The summed E-state index contributed by atoms with van der Waals surface area (Å²) in [4.78, 5) is 0. The number of methoxy groups -OCH3 is 1. The quantitative estimate of drug-likeness (QED) is 0.814. The molecule has 0 saturated heterocycles. The molecule has 0 aliphatic carbocycles. The molecule has 1 aromatic rings. The van der Waals surface area contributed by atoms with Gasteiger partial charge in [-0.3, -0.25) is 0 Å². The van der Waals surface area contributed by atoms with Crippen LogP contribution in [0.25, 0.3) is 0 Å². The Hall–Kier alpha value is -1.11. The van der Waals surface area contributed by atoms with E-state index in [2.05, 4.69) is 5.32 Å². The third kappa shape index (κ3) is 4.19. The number of hydrogen-bond acceptors (Lipinski definition) is 4. The zero-order chi connectivity index (χ0) is 14.5. The minimum Gasteiger partial charge on any atom is -0.497 e. The van der Waals surface area contributed by atoms with Gasteiger partial charge in [-0.1, -0.05) is 12.1 Å². The van der Waals surface area contributed by atoms with Gasteiger partial charge in [-0.25, -0.2) is 12.7 Å². The van der Waals surface area contributed by atoms with Crippen molar-refractivity contribution in [2.45, 2.75) is 18.7 Å². The first-order valence-corrected chi connectivity index (χ1v) is 7.64. The summed E-state index contributed by atoms with van der Waals surface area (Å²) in [5, 5.41) is 2.43. The fourth-order valence-electron chi connectivity index (χ4n) is 1.82. The topological polar surface area (TPSA) is 58.6 Å². The number of benzene rings is 1. The molecule has 0 spiro atoms. The molecule has 0 aliphatic rings. The summed E-state index contributed by atoms with van der Waals surface area (Å²) in [6, 6.07) is 7.42. The van der Waals surface area contributed by atoms with Crippen molar-refractivity contribution in [3.63, 3.8) is 0 Å². The van der Waals surface area contributed by atoms with Crippen LogP contribution in [0.4, 0.5) is 0 Å². The first-order valence-electron chi connectivity index (χ1n) is 6.14. The minimum absolute atomic E-state index is 0.341. The third-order valence-electron chi connectivity index (χ3n) is 2.97. The molecule has 0 amide bonds. The minimum atomic E-state index is -3.29. The molecule has 5 nitrogen and oxygen atoms in total. The van der Waals surface area contributed by atoms with Crippen LogP contribution >= 0.6 is 0 Å². The summed E-state index contributed by atoms with van der Waals surface area (Å²) in [5.41, 5.74) is 0.905. The van der Waals surface area contributed by atoms with E-state index in [0.717, 1.165) is 11.3 Å². The maximum absolute atomic E-state index is 12.2. The van der Waals surface area contributed by atoms with E-state index in [-0.39, 0.29) is 0 Å². The normalized spacial score (nSPS) is 13.5. The molecule has 0 bridgehead atoms. The van der Waals surface area contributed by atoms with Crippen LogP contribution in [-0.2, 0) is 16.6 Å². The van der Waals surface area contributed by atoms with Crippen molar-refractivity contribution in [2.24, 2.45) is 0 Å². The van der Waals surface area contributed by atoms with Gasteiger partial charge in [-0.05, 0) is 31.7 Å². The molecule has 6 heteroatoms. The van der Waals surface area contributed by atoms with E-state index < -0.39 is 15.3 Å². The zero-order valence-electron chi connectivity index (χ0n) is 11.9. The Bertz CT molecular complexity index is 502. The summed E-state index contributed by atoms with van der Waals surface area (Å²) < 4.78 is 31.0. The van der Waals surface area contributed by atoms with Crippen LogP contribution in [0, 0.1) is 0 Å². The standard InChI is InChI=1S/C13H22N2O3S/c1-11(9-14-2)19(16,17)15(3)10-12-6-5-7-13(8-12)18-4/h5-8,11,14H,9-10H2,1-4H3. The van der Waals surface area contributed by atoms with Crippen molar-refractivity contribution < 1.29 is 13.2 Å². The fourth-order valence-corrected chi connectivity index (χ4v) is 3.14. The average Bonchev–Trinajstić information content (AvgIpc) is 2.39. The summed E-state index contributed by atoms with van der Waals surface area (Å²) in [6.07, 6.45) is 0. The first-order chi connectivity index (χ1) is 8.91. The number of ether oxygens (including phenoxy) is 1. The van der Waals surface area contributed by atoms with Crippen molar-refractivity contribution in [1.29, 1.82) is 0 Å². The van der Waals surface area contributed by atoms with Crippen LogP contribution in [-0.4, -0.2) is 45.7 Å². The van der Waals surface area contributed by atoms with Crippen LogP contribution in [0.5, 0.6) is 5.75 Å². The molecule has 0 heterocycles. The number of nitrogens with zero attached hydrogens (tertiary/aromatic N) is 1. The first kappa shape index (κ1) is 15.9. The van der Waals surface area contributed by atoms with Gasteiger partial charge in [0.1, 0.15) is 5.75 Å². The molecule has 0 saturated carbocycles. The Kier molecular flexibility index (Phi) is 5.78. The van der Waals surface area contributed by atoms with E-state index in [1.165, 1.54) is 4.31 Å². The second kappa shape index (κ2) is 6.88. The molecule has 1 N–H and O–H groups in total. The Morgan fingerprint density at radius 3 is 2.68 bits per heavy atom. The van der Waals surface area contributed by atoms with Gasteiger partial charge in [0, 0.05) is 20.1 Å². The molecule has 0 aliphatic heterocycles. The van der Waals surface area contributed by atoms with E-state index in [1.807, 2.05) is 24.3 Å². The SMILES string of the molecule is CNCC(C)S(=O)(=O)N(C)Cc1cccc(OC)c1. The third-order valence-corrected chi connectivity index (χ3v) is 5.16. The Morgan fingerprint density at radius 1 is 1.42 bits per heavy atom. The predicted molar refractivity (Wildman–Crippen MR) is 76.8 cm³/mol. The van der Waals surface area contributed by atoms with E-state index in [9.17, 15) is 8.42 Å². The smallest absolute Gasteiger partial charge is 0.218 e. The van der Waals surface area contributed by atoms with Crippen molar-refractivity contribution >= 4 is 10.0 Å². The monoisotopic (exact) mass is 286 g/mol. The van der Waals surface area contributed by atoms with Gasteiger partial charge in [-0.15, -0.1) is 0 Å². The van der Waals surface area contributed by atoms with E-state index in [0.29, 0.717) is 13.1 Å². The number of nitrogens with one attached hydrogen (secondary N) is 1. The lowest BCUT2D eigenvalue weighted by atomic mass is 10.2. The van der Waals surface area contributed by atoms with E-state index >= 15 is 0 Å². The van der Waals surface area contributed by atoms with Crippen LogP contribution in [0.2, 0.25) is 0 Å². The molecule has 0 radical (unpaired) electrons. The maximum Gasteiger partial charge on any atom is 0.218 e. The molecule has 1 rings (SSSR count). The lowest BCUT2D eigenvalue weighted by molar-refractivity contribution is 0.412. The fraction of sp³-hybridized carbons (Fsp3) is 0.538. The highest BCUT2D eigenvalue weighted by molar-refractivity contribution is 7.89. The second-order valence-corrected chi connectivity index (χ2v) is 6.98. The maximum atomic E-state index is 12.2. The highest BCUT2D eigenvalue weighted by atomic mass is 32.2. The van der Waals surface area contributed by atoms with Gasteiger partial charge in [0.15, 0.2) is 0 Å². The number of sulfonamides is 1. The van der Waals surface area contributed by atoms with Crippen molar-refractivity contribution in [3.05, 3.63) is 29.8 Å². The van der Waals surface area contributed by atoms with Gasteiger partial charge in [0.2, 0.25) is 10.0 Å². The van der Waals surface area contributed by atoms with E-state index in [1.54, 1.807) is 28.1 Å². The van der Waals surface area contributed by atoms with Crippen molar-refractivity contribution in [2.75, 3.05) is 27.7 Å². The van der Waals surface area contributed by atoms with Gasteiger partial charge >= 0.3 is 0 Å². The molecule has 0 aromatic heterocycles. The molecule has 19 heavy (non-hydrogen) atoms. The van der Waals surface area contributed by atoms with Gasteiger partial charge in [0.05, 0.1) is 12.4 Å². The predicted octanol–water partition coefficient (Wildman–Crippen LogP) is 1.06. The van der Waals surface area contributed by atoms with Gasteiger partial charge < -0.3 is 10.1 Å². The van der Waals surface area contributed by atoms with Crippen molar-refractivity contribution in [1.82, 2.24) is 9.62 Å². The van der Waals surface area contributed by atoms with Crippen molar-refractivity contribution in [3.8, 4) is 5.75 Å². The Labute approximate surface area is 115 Å². The highest BCUT2D eigenvalue weighted by Gasteiger charge is 2.25. The summed E-state index contributed by atoms with van der Waals surface area (Å²) in [5.74, 6) is 0.728. The van der Waals surface area contributed by atoms with Gasteiger partial charge in [-0.2, -0.15) is 0 Å². The lowest BCUT2D eigenvalue weighted by Crippen LogP contribution is -2.38. The Balaban J connectivity index is 2.80. The zero-order valence-corrected chi connectivity index (χ0v) is 12.7. The largest absolute Gasteiger partial charge is 0.497 e. The second-order valence-electron chi connectivity index (χ2n) is 4.52. The summed E-state index contributed by atoms with van der Waals surface area (Å²) >= 11 is 0. The molecular weight excluding hydrogens is 264 g/mol.